The van der Waals surface area contributed by atoms with Gasteiger partial charge in [0.05, 0.1) is 17.0 Å². The van der Waals surface area contributed by atoms with Crippen molar-refractivity contribution in [3.63, 3.8) is 0 Å². The summed E-state index contributed by atoms with van der Waals surface area (Å²) in [6, 6.07) is 15.9. The first-order chi connectivity index (χ1) is 12.6. The van der Waals surface area contributed by atoms with Gasteiger partial charge in [-0.05, 0) is 35.7 Å². The zero-order chi connectivity index (χ0) is 18.1. The molecule has 1 saturated heterocycles. The third kappa shape index (κ3) is 3.29. The number of para-hydroxylation sites is 2. The maximum atomic E-state index is 12.3. The van der Waals surface area contributed by atoms with E-state index in [-0.39, 0.29) is 18.4 Å². The molecule has 5 heteroatoms. The number of benzene rings is 2. The molecule has 0 spiro atoms. The quantitative estimate of drug-likeness (QED) is 0.764. The number of nitrogens with one attached hydrogen (secondary N) is 1. The summed E-state index contributed by atoms with van der Waals surface area (Å²) in [6.07, 6.45) is 0. The number of carbonyl (C=O) groups is 1. The highest BCUT2D eigenvalue weighted by molar-refractivity contribution is 5.79. The van der Waals surface area contributed by atoms with E-state index in [1.54, 1.807) is 0 Å². The van der Waals surface area contributed by atoms with Gasteiger partial charge in [-0.2, -0.15) is 0 Å². The third-order valence-electron chi connectivity index (χ3n) is 4.94. The summed E-state index contributed by atoms with van der Waals surface area (Å²) < 4.78 is 5.63. The molecule has 3 aromatic rings. The van der Waals surface area contributed by atoms with Crippen molar-refractivity contribution in [1.82, 2.24) is 14.9 Å². The Labute approximate surface area is 153 Å². The first-order valence-corrected chi connectivity index (χ1v) is 9.05. The number of H-pyrrole nitrogens is 1. The van der Waals surface area contributed by atoms with Gasteiger partial charge in [0, 0.05) is 13.1 Å². The fourth-order valence-corrected chi connectivity index (χ4v) is 3.21. The van der Waals surface area contributed by atoms with Gasteiger partial charge in [0.25, 0.3) is 5.91 Å². The van der Waals surface area contributed by atoms with Gasteiger partial charge in [-0.1, -0.05) is 38.1 Å². The SMILES string of the molecule is CC(C)c1ccc(OCC(=O)N2CC(c3nc4ccccc4[nH]3)C2)cc1. The van der Waals surface area contributed by atoms with Gasteiger partial charge in [-0.3, -0.25) is 4.79 Å². The van der Waals surface area contributed by atoms with Crippen molar-refractivity contribution in [2.45, 2.75) is 25.7 Å². The van der Waals surface area contributed by atoms with Crippen LogP contribution in [0.2, 0.25) is 0 Å². The van der Waals surface area contributed by atoms with Crippen molar-refractivity contribution < 1.29 is 9.53 Å². The minimum absolute atomic E-state index is 0.0188. The molecule has 0 radical (unpaired) electrons. The number of hydrogen-bond donors (Lipinski definition) is 1. The number of aromatic nitrogens is 2. The van der Waals surface area contributed by atoms with Crippen molar-refractivity contribution >= 4 is 16.9 Å². The molecule has 0 unspecified atom stereocenters. The number of hydrogen-bond acceptors (Lipinski definition) is 3. The Morgan fingerprint density at radius 3 is 2.62 bits per heavy atom. The van der Waals surface area contributed by atoms with Crippen LogP contribution < -0.4 is 4.74 Å². The molecule has 0 saturated carbocycles. The van der Waals surface area contributed by atoms with Crippen LogP contribution >= 0.6 is 0 Å². The number of carbonyl (C=O) groups excluding carboxylic acids is 1. The van der Waals surface area contributed by atoms with E-state index < -0.39 is 0 Å². The molecule has 2 aromatic carbocycles. The topological polar surface area (TPSA) is 58.2 Å². The molecule has 0 bridgehead atoms. The molecular formula is C21H23N3O2. The summed E-state index contributed by atoms with van der Waals surface area (Å²) >= 11 is 0. The van der Waals surface area contributed by atoms with Gasteiger partial charge in [-0.15, -0.1) is 0 Å². The average molecular weight is 349 g/mol. The lowest BCUT2D eigenvalue weighted by Crippen LogP contribution is -2.50. The molecule has 1 amide bonds. The Bertz CT molecular complexity index is 875. The third-order valence-corrected chi connectivity index (χ3v) is 4.94. The molecule has 0 aliphatic carbocycles. The van der Waals surface area contributed by atoms with E-state index in [0.29, 0.717) is 19.0 Å². The first-order valence-electron chi connectivity index (χ1n) is 9.05. The van der Waals surface area contributed by atoms with Crippen LogP contribution in [0.4, 0.5) is 0 Å². The minimum Gasteiger partial charge on any atom is -0.484 e. The highest BCUT2D eigenvalue weighted by Gasteiger charge is 2.33. The summed E-state index contributed by atoms with van der Waals surface area (Å²) in [6.45, 7) is 5.76. The number of ether oxygens (including phenoxy) is 1. The van der Waals surface area contributed by atoms with Gasteiger partial charge in [-0.25, -0.2) is 4.98 Å². The lowest BCUT2D eigenvalue weighted by Gasteiger charge is -2.38. The average Bonchev–Trinajstić information content (AvgIpc) is 3.02. The number of aromatic amines is 1. The van der Waals surface area contributed by atoms with Crippen LogP contribution in [0.5, 0.6) is 5.75 Å². The van der Waals surface area contributed by atoms with Crippen molar-refractivity contribution in [2.75, 3.05) is 19.7 Å². The number of likely N-dealkylation sites (tertiary alicyclic amines) is 1. The van der Waals surface area contributed by atoms with Crippen LogP contribution in [0, 0.1) is 0 Å². The standard InChI is InChI=1S/C21H23N3O2/c1-14(2)15-7-9-17(10-8-15)26-13-20(25)24-11-16(12-24)21-22-18-5-3-4-6-19(18)23-21/h3-10,14,16H,11-13H2,1-2H3,(H,22,23). The largest absolute Gasteiger partial charge is 0.484 e. The fraction of sp³-hybridized carbons (Fsp3) is 0.333. The molecule has 1 aliphatic rings. The Morgan fingerprint density at radius 2 is 1.92 bits per heavy atom. The molecule has 2 heterocycles. The van der Waals surface area contributed by atoms with Crippen molar-refractivity contribution in [3.8, 4) is 5.75 Å². The second-order valence-corrected chi connectivity index (χ2v) is 7.15. The van der Waals surface area contributed by atoms with Crippen LogP contribution in [0.25, 0.3) is 11.0 Å². The van der Waals surface area contributed by atoms with Crippen LogP contribution in [0.15, 0.2) is 48.5 Å². The highest BCUT2D eigenvalue weighted by atomic mass is 16.5. The molecule has 5 nitrogen and oxygen atoms in total. The number of imidazole rings is 1. The van der Waals surface area contributed by atoms with E-state index in [4.69, 9.17) is 4.74 Å². The van der Waals surface area contributed by atoms with E-state index in [0.717, 1.165) is 22.6 Å². The normalized spacial score (nSPS) is 14.7. The second kappa shape index (κ2) is 6.83. The van der Waals surface area contributed by atoms with Crippen LogP contribution in [0.3, 0.4) is 0 Å². The smallest absolute Gasteiger partial charge is 0.260 e. The molecule has 1 fully saturated rings. The van der Waals surface area contributed by atoms with E-state index in [9.17, 15) is 4.79 Å². The van der Waals surface area contributed by atoms with Crippen molar-refractivity contribution in [1.29, 1.82) is 0 Å². The number of rotatable bonds is 5. The molecule has 26 heavy (non-hydrogen) atoms. The summed E-state index contributed by atoms with van der Waals surface area (Å²) in [5, 5.41) is 0. The predicted octanol–water partition coefficient (Wildman–Crippen LogP) is 3.69. The zero-order valence-electron chi connectivity index (χ0n) is 15.1. The van der Waals surface area contributed by atoms with Gasteiger partial charge >= 0.3 is 0 Å². The van der Waals surface area contributed by atoms with Crippen molar-refractivity contribution in [3.05, 3.63) is 59.9 Å². The van der Waals surface area contributed by atoms with E-state index in [1.807, 2.05) is 53.4 Å². The summed E-state index contributed by atoms with van der Waals surface area (Å²) in [7, 11) is 0. The van der Waals surface area contributed by atoms with Crippen LogP contribution in [0.1, 0.15) is 37.1 Å². The molecule has 134 valence electrons. The summed E-state index contributed by atoms with van der Waals surface area (Å²) in [5.74, 6) is 2.47. The van der Waals surface area contributed by atoms with E-state index in [1.165, 1.54) is 5.56 Å². The number of fused-ring (bicyclic) bond motifs is 1. The Hall–Kier alpha value is -2.82. The maximum Gasteiger partial charge on any atom is 0.260 e. The Kier molecular flexibility index (Phi) is 4.37. The second-order valence-electron chi connectivity index (χ2n) is 7.15. The van der Waals surface area contributed by atoms with E-state index in [2.05, 4.69) is 23.8 Å². The van der Waals surface area contributed by atoms with Crippen LogP contribution in [-0.4, -0.2) is 40.5 Å². The maximum absolute atomic E-state index is 12.3. The minimum atomic E-state index is 0.0188. The monoisotopic (exact) mass is 349 g/mol. The Morgan fingerprint density at radius 1 is 1.19 bits per heavy atom. The molecule has 4 rings (SSSR count). The Balaban J connectivity index is 1.29. The lowest BCUT2D eigenvalue weighted by molar-refractivity contribution is -0.137. The van der Waals surface area contributed by atoms with E-state index >= 15 is 0 Å². The number of nitrogens with zero attached hydrogens (tertiary/aromatic N) is 2. The predicted molar refractivity (Wildman–Crippen MR) is 101 cm³/mol. The molecule has 1 aliphatic heterocycles. The molecule has 0 atom stereocenters. The summed E-state index contributed by atoms with van der Waals surface area (Å²) in [5.41, 5.74) is 3.28. The first kappa shape index (κ1) is 16.6. The van der Waals surface area contributed by atoms with Gasteiger partial charge in [0.15, 0.2) is 6.61 Å². The van der Waals surface area contributed by atoms with Gasteiger partial charge in [0.2, 0.25) is 0 Å². The molecular weight excluding hydrogens is 326 g/mol. The lowest BCUT2D eigenvalue weighted by atomic mass is 9.99. The van der Waals surface area contributed by atoms with Crippen molar-refractivity contribution in [2.24, 2.45) is 0 Å². The molecule has 1 N–H and O–H groups in total. The fourth-order valence-electron chi connectivity index (χ4n) is 3.21. The number of amides is 1. The zero-order valence-corrected chi connectivity index (χ0v) is 15.1. The van der Waals surface area contributed by atoms with Crippen LogP contribution in [-0.2, 0) is 4.79 Å². The highest BCUT2D eigenvalue weighted by Crippen LogP contribution is 2.27. The van der Waals surface area contributed by atoms with Gasteiger partial charge < -0.3 is 14.6 Å². The van der Waals surface area contributed by atoms with Gasteiger partial charge in [0.1, 0.15) is 11.6 Å². The summed E-state index contributed by atoms with van der Waals surface area (Å²) in [4.78, 5) is 22.1. The molecule has 1 aromatic heterocycles.